The van der Waals surface area contributed by atoms with Gasteiger partial charge in [0.1, 0.15) is 5.75 Å². The molecule has 2 N–H and O–H groups in total. The Morgan fingerprint density at radius 2 is 1.94 bits per heavy atom. The molecule has 0 aliphatic rings. The van der Waals surface area contributed by atoms with Crippen molar-refractivity contribution in [3.05, 3.63) is 27.7 Å². The first-order chi connectivity index (χ1) is 7.27. The molecular formula is C10H10BrF3O2. The first-order valence-electron chi connectivity index (χ1n) is 4.47. The van der Waals surface area contributed by atoms with E-state index in [1.807, 2.05) is 0 Å². The maximum absolute atomic E-state index is 12.5. The van der Waals surface area contributed by atoms with Crippen molar-refractivity contribution in [1.82, 2.24) is 0 Å². The van der Waals surface area contributed by atoms with Gasteiger partial charge in [0.2, 0.25) is 0 Å². The molecule has 6 heteroatoms. The van der Waals surface area contributed by atoms with Crippen molar-refractivity contribution in [1.29, 1.82) is 0 Å². The predicted octanol–water partition coefficient (Wildman–Crippen LogP) is 3.27. The Morgan fingerprint density at radius 1 is 1.38 bits per heavy atom. The molecule has 0 saturated carbocycles. The van der Waals surface area contributed by atoms with Crippen LogP contribution in [0.25, 0.3) is 0 Å². The Bertz CT molecular complexity index is 390. The summed E-state index contributed by atoms with van der Waals surface area (Å²) >= 11 is 2.86. The summed E-state index contributed by atoms with van der Waals surface area (Å²) in [6.07, 6.45) is -4.47. The molecule has 16 heavy (non-hydrogen) atoms. The summed E-state index contributed by atoms with van der Waals surface area (Å²) in [4.78, 5) is 0. The fourth-order valence-corrected chi connectivity index (χ4v) is 1.73. The lowest BCUT2D eigenvalue weighted by Gasteiger charge is -2.15. The second-order valence-corrected chi connectivity index (χ2v) is 4.33. The van der Waals surface area contributed by atoms with Crippen LogP contribution >= 0.6 is 15.9 Å². The van der Waals surface area contributed by atoms with Gasteiger partial charge >= 0.3 is 6.18 Å². The van der Waals surface area contributed by atoms with E-state index < -0.39 is 17.7 Å². The third-order valence-corrected chi connectivity index (χ3v) is 2.83. The van der Waals surface area contributed by atoms with Gasteiger partial charge in [-0.1, -0.05) is 6.92 Å². The van der Waals surface area contributed by atoms with E-state index >= 15 is 0 Å². The van der Waals surface area contributed by atoms with E-state index in [0.717, 1.165) is 12.1 Å². The van der Waals surface area contributed by atoms with Crippen molar-refractivity contribution < 1.29 is 23.4 Å². The number of halogens is 4. The fraction of sp³-hybridized carbons (Fsp3) is 0.400. The maximum atomic E-state index is 12.5. The summed E-state index contributed by atoms with van der Waals surface area (Å²) in [6, 6.07) is 1.66. The van der Waals surface area contributed by atoms with E-state index in [9.17, 15) is 18.3 Å². The van der Waals surface area contributed by atoms with Crippen LogP contribution in [0.2, 0.25) is 0 Å². The van der Waals surface area contributed by atoms with E-state index in [0.29, 0.717) is 0 Å². The summed E-state index contributed by atoms with van der Waals surface area (Å²) < 4.78 is 37.4. The quantitative estimate of drug-likeness (QED) is 0.880. The van der Waals surface area contributed by atoms with Crippen LogP contribution in [0, 0.1) is 0 Å². The molecule has 0 radical (unpaired) electrons. The van der Waals surface area contributed by atoms with Crippen LogP contribution < -0.4 is 0 Å². The third kappa shape index (κ3) is 2.68. The molecule has 1 atom stereocenters. The number of rotatable bonds is 2. The Labute approximate surface area is 98.8 Å². The van der Waals surface area contributed by atoms with Gasteiger partial charge in [-0.15, -0.1) is 0 Å². The average molecular weight is 299 g/mol. The van der Waals surface area contributed by atoms with Gasteiger partial charge in [0.25, 0.3) is 0 Å². The highest BCUT2D eigenvalue weighted by molar-refractivity contribution is 9.10. The van der Waals surface area contributed by atoms with Gasteiger partial charge in [-0.3, -0.25) is 0 Å². The van der Waals surface area contributed by atoms with Crippen LogP contribution in [0.1, 0.15) is 24.0 Å². The number of phenols is 1. The number of hydrogen-bond donors (Lipinski definition) is 2. The van der Waals surface area contributed by atoms with Crippen LogP contribution in [0.4, 0.5) is 13.2 Å². The predicted molar refractivity (Wildman–Crippen MR) is 56.3 cm³/mol. The summed E-state index contributed by atoms with van der Waals surface area (Å²) in [5.74, 6) is -0.826. The molecule has 1 rings (SSSR count). The van der Waals surface area contributed by atoms with Crippen molar-refractivity contribution in [3.8, 4) is 5.75 Å². The lowest BCUT2D eigenvalue weighted by molar-refractivity contribution is -0.137. The SMILES string of the molecule is CC(CO)c1cc(C(F)(F)F)cc(Br)c1O. The number of phenolic OH excluding ortho intramolecular Hbond substituents is 1. The molecule has 1 aromatic carbocycles. The second-order valence-electron chi connectivity index (χ2n) is 3.48. The lowest BCUT2D eigenvalue weighted by atomic mass is 9.98. The van der Waals surface area contributed by atoms with Gasteiger partial charge in [-0.2, -0.15) is 13.2 Å². The highest BCUT2D eigenvalue weighted by Gasteiger charge is 2.32. The van der Waals surface area contributed by atoms with Crippen LogP contribution in [0.15, 0.2) is 16.6 Å². The Kier molecular flexibility index (Phi) is 3.85. The summed E-state index contributed by atoms with van der Waals surface area (Å²) in [6.45, 7) is 1.20. The molecule has 0 bridgehead atoms. The molecular weight excluding hydrogens is 289 g/mol. The highest BCUT2D eigenvalue weighted by atomic mass is 79.9. The topological polar surface area (TPSA) is 40.5 Å². The number of aliphatic hydroxyl groups excluding tert-OH is 1. The van der Waals surface area contributed by atoms with Gasteiger partial charge < -0.3 is 10.2 Å². The van der Waals surface area contributed by atoms with E-state index in [2.05, 4.69) is 15.9 Å². The minimum atomic E-state index is -4.47. The van der Waals surface area contributed by atoms with Gasteiger partial charge in [0, 0.05) is 18.1 Å². The van der Waals surface area contributed by atoms with Crippen LogP contribution in [-0.4, -0.2) is 16.8 Å². The van der Waals surface area contributed by atoms with Gasteiger partial charge in [-0.05, 0) is 28.1 Å². The van der Waals surface area contributed by atoms with Crippen LogP contribution in [-0.2, 0) is 6.18 Å². The van der Waals surface area contributed by atoms with Crippen molar-refractivity contribution in [2.45, 2.75) is 19.0 Å². The van der Waals surface area contributed by atoms with Gasteiger partial charge in [-0.25, -0.2) is 0 Å². The smallest absolute Gasteiger partial charge is 0.416 e. The molecule has 2 nitrogen and oxygen atoms in total. The third-order valence-electron chi connectivity index (χ3n) is 2.22. The Hall–Kier alpha value is -0.750. The van der Waals surface area contributed by atoms with Gasteiger partial charge in [0.15, 0.2) is 0 Å². The van der Waals surface area contributed by atoms with E-state index in [4.69, 9.17) is 5.11 Å². The van der Waals surface area contributed by atoms with E-state index in [1.165, 1.54) is 6.92 Å². The highest BCUT2D eigenvalue weighted by Crippen LogP contribution is 2.39. The number of aromatic hydroxyl groups is 1. The molecule has 0 aliphatic carbocycles. The fourth-order valence-electron chi connectivity index (χ4n) is 1.26. The molecule has 90 valence electrons. The first-order valence-corrected chi connectivity index (χ1v) is 5.27. The molecule has 0 aliphatic heterocycles. The minimum Gasteiger partial charge on any atom is -0.506 e. The molecule has 0 spiro atoms. The van der Waals surface area contributed by atoms with Crippen molar-refractivity contribution in [2.24, 2.45) is 0 Å². The number of benzene rings is 1. The maximum Gasteiger partial charge on any atom is 0.416 e. The van der Waals surface area contributed by atoms with Crippen LogP contribution in [0.5, 0.6) is 5.75 Å². The molecule has 0 heterocycles. The second kappa shape index (κ2) is 4.63. The standard InChI is InChI=1S/C10H10BrF3O2/c1-5(4-15)7-2-6(10(12,13)14)3-8(11)9(7)16/h2-3,5,15-16H,4H2,1H3. The van der Waals surface area contributed by atoms with Crippen molar-refractivity contribution >= 4 is 15.9 Å². The zero-order valence-electron chi connectivity index (χ0n) is 8.35. The molecule has 1 aromatic rings. The summed E-state index contributed by atoms with van der Waals surface area (Å²) in [5.41, 5.74) is -0.781. The number of hydrogen-bond acceptors (Lipinski definition) is 2. The first kappa shape index (κ1) is 13.3. The van der Waals surface area contributed by atoms with E-state index in [1.54, 1.807) is 0 Å². The number of aliphatic hydroxyl groups is 1. The zero-order chi connectivity index (χ0) is 12.5. The minimum absolute atomic E-state index is 0.0300. The Balaban J connectivity index is 3.33. The summed E-state index contributed by atoms with van der Waals surface area (Å²) in [5, 5.41) is 18.5. The summed E-state index contributed by atoms with van der Waals surface area (Å²) in [7, 11) is 0. The van der Waals surface area contributed by atoms with Gasteiger partial charge in [0.05, 0.1) is 10.0 Å². The molecule has 0 saturated heterocycles. The molecule has 0 aromatic heterocycles. The van der Waals surface area contributed by atoms with Crippen molar-refractivity contribution in [2.75, 3.05) is 6.61 Å². The van der Waals surface area contributed by atoms with Crippen LogP contribution in [0.3, 0.4) is 0 Å². The van der Waals surface area contributed by atoms with Crippen molar-refractivity contribution in [3.63, 3.8) is 0 Å². The normalized spacial score (nSPS) is 13.9. The zero-order valence-corrected chi connectivity index (χ0v) is 9.93. The molecule has 0 fully saturated rings. The monoisotopic (exact) mass is 298 g/mol. The van der Waals surface area contributed by atoms with E-state index in [-0.39, 0.29) is 22.4 Å². The Morgan fingerprint density at radius 3 is 2.38 bits per heavy atom. The molecule has 0 amide bonds. The average Bonchev–Trinajstić information content (AvgIpc) is 2.19. The number of alkyl halides is 3. The lowest BCUT2D eigenvalue weighted by Crippen LogP contribution is -2.08. The largest absolute Gasteiger partial charge is 0.506 e. The molecule has 1 unspecified atom stereocenters.